The molecule has 0 radical (unpaired) electrons. The van der Waals surface area contributed by atoms with E-state index in [4.69, 9.17) is 36.7 Å². The summed E-state index contributed by atoms with van der Waals surface area (Å²) in [4.78, 5) is 0. The molecule has 3 heterocycles. The second-order valence-corrected chi connectivity index (χ2v) is 7.01. The van der Waals surface area contributed by atoms with Gasteiger partial charge in [0, 0.05) is 39.7 Å². The van der Waals surface area contributed by atoms with Crippen LogP contribution in [0, 0.1) is 14.3 Å². The Labute approximate surface area is 149 Å². The number of imidazole rings is 3. The first-order valence-electron chi connectivity index (χ1n) is 7.20. The maximum atomic E-state index is 5.61. The minimum Gasteiger partial charge on any atom is -0.461 e. The van der Waals surface area contributed by atoms with Crippen LogP contribution >= 0.6 is 36.7 Å². The second-order valence-electron chi connectivity index (χ2n) is 5.92. The van der Waals surface area contributed by atoms with Gasteiger partial charge in [0.2, 0.25) is 0 Å². The molecule has 0 aliphatic rings. The largest absolute Gasteiger partial charge is 0.461 e. The van der Waals surface area contributed by atoms with E-state index >= 15 is 0 Å². The molecule has 3 rings (SSSR count). The number of hydrogen-bond acceptors (Lipinski definition) is 3. The Balaban J connectivity index is 2.44. The first-order chi connectivity index (χ1) is 10.8. The highest BCUT2D eigenvalue weighted by molar-refractivity contribution is 7.71. The number of rotatable bonds is 3. The van der Waals surface area contributed by atoms with Crippen LogP contribution in [0.5, 0.6) is 0 Å². The summed E-state index contributed by atoms with van der Waals surface area (Å²) in [7, 11) is 5.80. The van der Waals surface area contributed by atoms with Crippen LogP contribution in [-0.2, 0) is 21.1 Å². The maximum absolute atomic E-state index is 5.61. The van der Waals surface area contributed by atoms with Gasteiger partial charge in [-0.25, -0.2) is 0 Å². The summed E-state index contributed by atoms with van der Waals surface area (Å²) >= 11 is 16.8. The quantitative estimate of drug-likeness (QED) is 0.528. The lowest BCUT2D eigenvalue weighted by atomic mass is 9.61. The molecule has 23 heavy (non-hydrogen) atoms. The normalized spacial score (nSPS) is 12.0. The van der Waals surface area contributed by atoms with Gasteiger partial charge in [0.05, 0.1) is 0 Å². The fourth-order valence-corrected chi connectivity index (χ4v) is 3.93. The zero-order chi connectivity index (χ0) is 16.9. The third-order valence-electron chi connectivity index (χ3n) is 4.50. The van der Waals surface area contributed by atoms with Gasteiger partial charge < -0.3 is 27.1 Å². The second kappa shape index (κ2) is 5.46. The van der Waals surface area contributed by atoms with Crippen molar-refractivity contribution in [1.82, 2.24) is 27.1 Å². The monoisotopic (exact) mass is 365 g/mol. The van der Waals surface area contributed by atoms with Crippen molar-refractivity contribution in [1.29, 1.82) is 0 Å². The first-order valence-corrected chi connectivity index (χ1v) is 8.42. The first kappa shape index (κ1) is 16.2. The molecule has 0 aliphatic carbocycles. The van der Waals surface area contributed by atoms with Crippen LogP contribution in [-0.4, -0.2) is 33.7 Å². The zero-order valence-corrected chi connectivity index (χ0v) is 15.9. The van der Waals surface area contributed by atoms with Gasteiger partial charge in [-0.05, 0) is 55.2 Å². The molecule has 122 valence electrons. The lowest BCUT2D eigenvalue weighted by molar-refractivity contribution is 0.795. The molecule has 0 saturated carbocycles. The van der Waals surface area contributed by atoms with Crippen molar-refractivity contribution < 1.29 is 0 Å². The molecule has 0 unspecified atom stereocenters. The van der Waals surface area contributed by atoms with E-state index in [0.717, 1.165) is 0 Å². The fraction of sp³-hybridized carbons (Fsp3) is 0.308. The van der Waals surface area contributed by atoms with Crippen LogP contribution in [0.25, 0.3) is 0 Å². The lowest BCUT2D eigenvalue weighted by Gasteiger charge is -2.41. The van der Waals surface area contributed by atoms with Crippen molar-refractivity contribution in [3.63, 3.8) is 0 Å². The van der Waals surface area contributed by atoms with E-state index in [-0.39, 0.29) is 0 Å². The number of nitrogens with zero attached hydrogens (tertiary/aromatic N) is 6. The smallest absolute Gasteiger partial charge is 0.295 e. The van der Waals surface area contributed by atoms with Crippen molar-refractivity contribution in [3.8, 4) is 0 Å². The number of aryl methyl sites for hydroxylation is 3. The van der Waals surface area contributed by atoms with Gasteiger partial charge in [-0.15, -0.1) is 6.82 Å². The zero-order valence-electron chi connectivity index (χ0n) is 13.4. The van der Waals surface area contributed by atoms with Crippen molar-refractivity contribution in [2.75, 3.05) is 0 Å². The van der Waals surface area contributed by atoms with Crippen molar-refractivity contribution in [2.45, 2.75) is 6.82 Å². The summed E-state index contributed by atoms with van der Waals surface area (Å²) in [6.45, 7) is 0.562. The molecule has 0 aromatic carbocycles. The van der Waals surface area contributed by atoms with E-state index < -0.39 is 6.55 Å². The van der Waals surface area contributed by atoms with Gasteiger partial charge in [0.15, 0.2) is 0 Å². The molecule has 3 aromatic heterocycles. The SMILES string of the molecule is Cn1ccn([B-](C)(n2ccn(C)c2=S)n2ccn(C)c2=S)c1=S. The van der Waals surface area contributed by atoms with Crippen LogP contribution in [0.15, 0.2) is 37.2 Å². The highest BCUT2D eigenvalue weighted by Gasteiger charge is 2.29. The Hall–Kier alpha value is -1.65. The fourth-order valence-electron chi connectivity index (χ4n) is 2.96. The van der Waals surface area contributed by atoms with E-state index in [1.54, 1.807) is 0 Å². The number of hydrogen-bond donors (Lipinski definition) is 0. The summed E-state index contributed by atoms with van der Waals surface area (Å²) in [6.07, 6.45) is 11.8. The van der Waals surface area contributed by atoms with E-state index in [2.05, 4.69) is 20.3 Å². The summed E-state index contributed by atoms with van der Waals surface area (Å²) in [5.74, 6) is 0. The number of aromatic nitrogens is 6. The molecular formula is C13H18BN6S3-. The molecule has 0 atom stereocenters. The third-order valence-corrected chi connectivity index (χ3v) is 6.00. The van der Waals surface area contributed by atoms with Crippen LogP contribution in [0.1, 0.15) is 0 Å². The highest BCUT2D eigenvalue weighted by atomic mass is 32.1. The minimum absolute atomic E-state index is 0.712. The Bertz CT molecular complexity index is 911. The predicted octanol–water partition coefficient (Wildman–Crippen LogP) is 2.81. The Morgan fingerprint density at radius 3 is 1.04 bits per heavy atom. The lowest BCUT2D eigenvalue weighted by Crippen LogP contribution is -2.55. The van der Waals surface area contributed by atoms with Gasteiger partial charge in [0.1, 0.15) is 14.3 Å². The van der Waals surface area contributed by atoms with Gasteiger partial charge in [-0.1, -0.05) is 0 Å². The molecule has 0 saturated heterocycles. The molecule has 6 nitrogen and oxygen atoms in total. The summed E-state index contributed by atoms with van der Waals surface area (Å²) < 4.78 is 14.0. The molecule has 0 spiro atoms. The Morgan fingerprint density at radius 1 is 0.609 bits per heavy atom. The molecule has 0 aliphatic heterocycles. The van der Waals surface area contributed by atoms with Crippen molar-refractivity contribution in [2.24, 2.45) is 21.1 Å². The van der Waals surface area contributed by atoms with Crippen LogP contribution in [0.2, 0.25) is 6.82 Å². The van der Waals surface area contributed by atoms with Gasteiger partial charge in [-0.3, -0.25) is 0 Å². The molecule has 0 amide bonds. The van der Waals surface area contributed by atoms with Gasteiger partial charge in [0.25, 0.3) is 6.55 Å². The van der Waals surface area contributed by atoms with Gasteiger partial charge in [-0.2, -0.15) is 0 Å². The average molecular weight is 365 g/mol. The standard InChI is InChI=1S/C13H18BN6S3/c1-14(18-8-5-15(2)11(18)21,19-9-6-16(3)12(19)22)20-10-7-17(4)13(20)23/h5-10H,1-4H3/q-1. The van der Waals surface area contributed by atoms with Crippen LogP contribution < -0.4 is 0 Å². The maximum Gasteiger partial charge on any atom is 0.295 e. The van der Waals surface area contributed by atoms with E-state index in [9.17, 15) is 0 Å². The molecule has 0 bridgehead atoms. The highest BCUT2D eigenvalue weighted by Crippen LogP contribution is 2.18. The van der Waals surface area contributed by atoms with Crippen molar-refractivity contribution in [3.05, 3.63) is 51.5 Å². The van der Waals surface area contributed by atoms with E-state index in [1.165, 1.54) is 0 Å². The van der Waals surface area contributed by atoms with E-state index in [0.29, 0.717) is 14.3 Å². The van der Waals surface area contributed by atoms with Crippen LogP contribution in [0.4, 0.5) is 0 Å². The molecular weight excluding hydrogens is 347 g/mol. The molecule has 10 heteroatoms. The van der Waals surface area contributed by atoms with Crippen LogP contribution in [0.3, 0.4) is 0 Å². The molecule has 3 aromatic rings. The van der Waals surface area contributed by atoms with Gasteiger partial charge >= 0.3 is 0 Å². The molecule has 0 N–H and O–H groups in total. The average Bonchev–Trinajstić information content (AvgIpc) is 3.14. The Kier molecular flexibility index (Phi) is 3.85. The third kappa shape index (κ3) is 2.24. The summed E-state index contributed by atoms with van der Waals surface area (Å²) in [6, 6.07) is 0. The summed E-state index contributed by atoms with van der Waals surface area (Å²) in [5.41, 5.74) is 0. The minimum atomic E-state index is -1.55. The summed E-state index contributed by atoms with van der Waals surface area (Å²) in [5, 5.41) is 0. The Morgan fingerprint density at radius 2 is 0.870 bits per heavy atom. The van der Waals surface area contributed by atoms with E-state index in [1.807, 2.05) is 72.0 Å². The predicted molar refractivity (Wildman–Crippen MR) is 101 cm³/mol. The van der Waals surface area contributed by atoms with Crippen molar-refractivity contribution >= 4 is 43.2 Å². The molecule has 0 fully saturated rings. The topological polar surface area (TPSA) is 29.6 Å².